The topological polar surface area (TPSA) is 99.7 Å². The van der Waals surface area contributed by atoms with Crippen molar-refractivity contribution in [2.45, 2.75) is 25.2 Å². The molecular formula is C17H16F3N7O2. The van der Waals surface area contributed by atoms with Crippen molar-refractivity contribution in [1.82, 2.24) is 34.8 Å². The third-order valence-corrected chi connectivity index (χ3v) is 4.56. The lowest BCUT2D eigenvalue weighted by Crippen LogP contribution is -2.29. The third-order valence-electron chi connectivity index (χ3n) is 4.56. The Morgan fingerprint density at radius 1 is 1.31 bits per heavy atom. The van der Waals surface area contributed by atoms with Gasteiger partial charge in [-0.2, -0.15) is 23.3 Å². The van der Waals surface area contributed by atoms with Crippen molar-refractivity contribution in [3.8, 4) is 17.1 Å². The number of aryl methyl sites for hydroxylation is 2. The number of ether oxygens (including phenoxy) is 1. The van der Waals surface area contributed by atoms with E-state index in [4.69, 9.17) is 4.74 Å². The molecule has 0 radical (unpaired) electrons. The summed E-state index contributed by atoms with van der Waals surface area (Å²) >= 11 is 0. The quantitative estimate of drug-likeness (QED) is 0.710. The third kappa shape index (κ3) is 3.52. The number of halogens is 3. The SMILES string of the molecule is COc1cc(-c2cc3n(n2)CC[C@H]3NC(=O)c2nc(C(F)(F)F)nn2C)ccn1. The molecule has 152 valence electrons. The van der Waals surface area contributed by atoms with E-state index in [0.29, 0.717) is 24.5 Å². The molecule has 1 amide bonds. The van der Waals surface area contributed by atoms with Gasteiger partial charge in [-0.1, -0.05) is 0 Å². The number of pyridine rings is 1. The number of aromatic nitrogens is 6. The van der Waals surface area contributed by atoms with Crippen molar-refractivity contribution in [2.75, 3.05) is 7.11 Å². The molecule has 1 atom stereocenters. The molecular weight excluding hydrogens is 391 g/mol. The van der Waals surface area contributed by atoms with E-state index in [-0.39, 0.29) is 0 Å². The van der Waals surface area contributed by atoms with Crippen LogP contribution in [-0.4, -0.2) is 42.5 Å². The molecule has 0 aliphatic carbocycles. The average molecular weight is 407 g/mol. The summed E-state index contributed by atoms with van der Waals surface area (Å²) in [4.78, 5) is 19.9. The van der Waals surface area contributed by atoms with E-state index >= 15 is 0 Å². The van der Waals surface area contributed by atoms with E-state index in [1.807, 2.05) is 6.07 Å². The van der Waals surface area contributed by atoms with Crippen LogP contribution < -0.4 is 10.1 Å². The van der Waals surface area contributed by atoms with Crippen molar-refractivity contribution in [3.05, 3.63) is 41.7 Å². The van der Waals surface area contributed by atoms with Crippen LogP contribution in [0.3, 0.4) is 0 Å². The highest BCUT2D eigenvalue weighted by molar-refractivity contribution is 5.91. The Morgan fingerprint density at radius 2 is 2.10 bits per heavy atom. The van der Waals surface area contributed by atoms with Crippen LogP contribution in [0.1, 0.15) is 34.6 Å². The first-order valence-electron chi connectivity index (χ1n) is 8.63. The molecule has 29 heavy (non-hydrogen) atoms. The van der Waals surface area contributed by atoms with E-state index in [2.05, 4.69) is 25.5 Å². The second-order valence-electron chi connectivity index (χ2n) is 6.46. The van der Waals surface area contributed by atoms with Gasteiger partial charge < -0.3 is 10.1 Å². The van der Waals surface area contributed by atoms with E-state index in [1.165, 1.54) is 14.2 Å². The number of fused-ring (bicyclic) bond motifs is 1. The summed E-state index contributed by atoms with van der Waals surface area (Å²) in [6.45, 7) is 0.565. The van der Waals surface area contributed by atoms with Gasteiger partial charge in [0.1, 0.15) is 0 Å². The van der Waals surface area contributed by atoms with Crippen LogP contribution >= 0.6 is 0 Å². The van der Waals surface area contributed by atoms with Crippen molar-refractivity contribution < 1.29 is 22.7 Å². The molecule has 0 aromatic carbocycles. The molecule has 0 fully saturated rings. The molecule has 0 saturated carbocycles. The molecule has 0 bridgehead atoms. The van der Waals surface area contributed by atoms with Gasteiger partial charge in [0.05, 0.1) is 24.5 Å². The van der Waals surface area contributed by atoms with Gasteiger partial charge in [0.2, 0.25) is 11.7 Å². The maximum Gasteiger partial charge on any atom is 0.453 e. The number of hydrogen-bond acceptors (Lipinski definition) is 6. The summed E-state index contributed by atoms with van der Waals surface area (Å²) < 4.78 is 46.0. The fourth-order valence-electron chi connectivity index (χ4n) is 3.18. The van der Waals surface area contributed by atoms with Crippen LogP contribution in [0.4, 0.5) is 13.2 Å². The molecule has 3 aromatic rings. The highest BCUT2D eigenvalue weighted by Gasteiger charge is 2.38. The van der Waals surface area contributed by atoms with Crippen LogP contribution in [0.2, 0.25) is 0 Å². The number of carbonyl (C=O) groups excluding carboxylic acids is 1. The van der Waals surface area contributed by atoms with Crippen LogP contribution in [0.15, 0.2) is 24.4 Å². The number of amides is 1. The van der Waals surface area contributed by atoms with Crippen molar-refractivity contribution in [3.63, 3.8) is 0 Å². The number of carbonyl (C=O) groups is 1. The molecule has 1 aliphatic heterocycles. The zero-order valence-electron chi connectivity index (χ0n) is 15.4. The van der Waals surface area contributed by atoms with Crippen LogP contribution in [-0.2, 0) is 19.8 Å². The van der Waals surface area contributed by atoms with E-state index in [1.54, 1.807) is 23.0 Å². The van der Waals surface area contributed by atoms with Crippen molar-refractivity contribution in [1.29, 1.82) is 0 Å². The molecule has 1 aliphatic rings. The van der Waals surface area contributed by atoms with Gasteiger partial charge in [-0.25, -0.2) is 9.67 Å². The van der Waals surface area contributed by atoms with Gasteiger partial charge in [0.15, 0.2) is 0 Å². The molecule has 0 unspecified atom stereocenters. The standard InChI is InChI=1S/C17H16F3N7O2/c1-26-14(23-16(25-26)17(18,19)20)15(28)22-10-4-6-27-12(10)8-11(24-27)9-3-5-21-13(7-9)29-2/h3,5,7-8,10H,4,6H2,1-2H3,(H,22,28)/t10-/m1/s1. The number of methoxy groups -OCH3 is 1. The average Bonchev–Trinajstić information content (AvgIpc) is 3.36. The Bertz CT molecular complexity index is 1070. The summed E-state index contributed by atoms with van der Waals surface area (Å²) in [5, 5.41) is 10.5. The lowest BCUT2D eigenvalue weighted by Gasteiger charge is -2.11. The largest absolute Gasteiger partial charge is 0.481 e. The fourth-order valence-corrected chi connectivity index (χ4v) is 3.18. The highest BCUT2D eigenvalue weighted by atomic mass is 19.4. The van der Waals surface area contributed by atoms with Gasteiger partial charge in [-0.05, 0) is 18.6 Å². The summed E-state index contributed by atoms with van der Waals surface area (Å²) in [5.41, 5.74) is 2.23. The first-order chi connectivity index (χ1) is 13.8. The normalized spacial score (nSPS) is 16.0. The zero-order valence-corrected chi connectivity index (χ0v) is 15.4. The molecule has 1 N–H and O–H groups in total. The minimum Gasteiger partial charge on any atom is -0.481 e. The lowest BCUT2D eigenvalue weighted by molar-refractivity contribution is -0.144. The molecule has 0 saturated heterocycles. The Kier molecular flexibility index (Phi) is 4.47. The van der Waals surface area contributed by atoms with E-state index in [0.717, 1.165) is 15.9 Å². The lowest BCUT2D eigenvalue weighted by atomic mass is 10.1. The van der Waals surface area contributed by atoms with Crippen molar-refractivity contribution in [2.24, 2.45) is 7.05 Å². The first-order valence-corrected chi connectivity index (χ1v) is 8.63. The number of alkyl halides is 3. The number of nitrogens with zero attached hydrogens (tertiary/aromatic N) is 6. The maximum atomic E-state index is 12.8. The van der Waals surface area contributed by atoms with Gasteiger partial charge >= 0.3 is 6.18 Å². The molecule has 9 nitrogen and oxygen atoms in total. The highest BCUT2D eigenvalue weighted by Crippen LogP contribution is 2.31. The molecule has 0 spiro atoms. The summed E-state index contributed by atoms with van der Waals surface area (Å²) in [6, 6.07) is 4.94. The Hall–Kier alpha value is -3.44. The predicted molar refractivity (Wildman–Crippen MR) is 92.8 cm³/mol. The second kappa shape index (κ2) is 6.87. The van der Waals surface area contributed by atoms with Gasteiger partial charge in [0.25, 0.3) is 11.7 Å². The summed E-state index contributed by atoms with van der Waals surface area (Å²) in [6.07, 6.45) is -2.55. The number of nitrogens with one attached hydrogen (secondary N) is 1. The van der Waals surface area contributed by atoms with Crippen molar-refractivity contribution >= 4 is 5.91 Å². The minimum atomic E-state index is -4.72. The Balaban J connectivity index is 1.55. The molecule has 3 aromatic heterocycles. The first kappa shape index (κ1) is 18.9. The van der Waals surface area contributed by atoms with Gasteiger partial charge in [-0.15, -0.1) is 5.10 Å². The molecule has 12 heteroatoms. The van der Waals surface area contributed by atoms with E-state index < -0.39 is 29.8 Å². The smallest absolute Gasteiger partial charge is 0.453 e. The van der Waals surface area contributed by atoms with Crippen LogP contribution in [0, 0.1) is 0 Å². The Labute approximate surface area is 162 Å². The molecule has 4 heterocycles. The minimum absolute atomic E-state index is 0.404. The number of hydrogen-bond donors (Lipinski definition) is 1. The maximum absolute atomic E-state index is 12.8. The fraction of sp³-hybridized carbons (Fsp3) is 0.353. The van der Waals surface area contributed by atoms with Gasteiger partial charge in [-0.3, -0.25) is 9.48 Å². The van der Waals surface area contributed by atoms with Crippen LogP contribution in [0.25, 0.3) is 11.3 Å². The predicted octanol–water partition coefficient (Wildman–Crippen LogP) is 1.98. The zero-order chi connectivity index (χ0) is 20.8. The molecule has 4 rings (SSSR count). The van der Waals surface area contributed by atoms with Crippen LogP contribution in [0.5, 0.6) is 5.88 Å². The summed E-state index contributed by atoms with van der Waals surface area (Å²) in [5.74, 6) is -2.05. The Morgan fingerprint density at radius 3 is 2.79 bits per heavy atom. The number of rotatable bonds is 4. The van der Waals surface area contributed by atoms with Gasteiger partial charge in [0, 0.05) is 31.4 Å². The summed E-state index contributed by atoms with van der Waals surface area (Å²) in [7, 11) is 2.76. The monoisotopic (exact) mass is 407 g/mol. The van der Waals surface area contributed by atoms with E-state index in [9.17, 15) is 18.0 Å². The second-order valence-corrected chi connectivity index (χ2v) is 6.46.